The number of nitrogens with zero attached hydrogens (tertiary/aromatic N) is 1. The zero-order valence-corrected chi connectivity index (χ0v) is 14.6. The highest BCUT2D eigenvalue weighted by molar-refractivity contribution is 5.95. The minimum absolute atomic E-state index is 0.167. The number of rotatable bonds is 5. The number of fused-ring (bicyclic) bond motifs is 1. The first-order chi connectivity index (χ1) is 12.0. The highest BCUT2D eigenvalue weighted by Crippen LogP contribution is 2.21. The Bertz CT molecular complexity index is 969. The molecule has 25 heavy (non-hydrogen) atoms. The molecule has 1 amide bonds. The van der Waals surface area contributed by atoms with Crippen molar-refractivity contribution < 1.29 is 9.21 Å². The zero-order valence-electron chi connectivity index (χ0n) is 14.6. The van der Waals surface area contributed by atoms with Crippen molar-refractivity contribution in [2.45, 2.75) is 33.1 Å². The summed E-state index contributed by atoms with van der Waals surface area (Å²) in [7, 11) is 0. The van der Waals surface area contributed by atoms with Crippen molar-refractivity contribution in [1.29, 1.82) is 0 Å². The van der Waals surface area contributed by atoms with Crippen LogP contribution in [-0.2, 0) is 6.42 Å². The molecule has 130 valence electrons. The second-order valence-corrected chi connectivity index (χ2v) is 6.31. The topological polar surface area (TPSA) is 88.0 Å². The molecular weight excluding hydrogens is 318 g/mol. The van der Waals surface area contributed by atoms with Gasteiger partial charge in [0.2, 0.25) is 0 Å². The normalized spacial score (nSPS) is 11.2. The lowest BCUT2D eigenvalue weighted by molar-refractivity contribution is 0.0952. The maximum absolute atomic E-state index is 12.3. The van der Waals surface area contributed by atoms with Gasteiger partial charge in [0, 0.05) is 18.9 Å². The summed E-state index contributed by atoms with van der Waals surface area (Å²) < 4.78 is 5.61. The Morgan fingerprint density at radius 1 is 1.32 bits per heavy atom. The van der Waals surface area contributed by atoms with Gasteiger partial charge in [-0.05, 0) is 25.1 Å². The monoisotopic (exact) mass is 339 g/mol. The van der Waals surface area contributed by atoms with Gasteiger partial charge in [0.1, 0.15) is 17.3 Å². The van der Waals surface area contributed by atoms with E-state index in [1.807, 2.05) is 19.9 Å². The molecule has 2 heterocycles. The Hall–Kier alpha value is -2.89. The van der Waals surface area contributed by atoms with E-state index in [0.29, 0.717) is 41.0 Å². The smallest absolute Gasteiger partial charge is 0.258 e. The number of benzene rings is 1. The van der Waals surface area contributed by atoms with Crippen molar-refractivity contribution in [3.8, 4) is 0 Å². The Labute approximate surface area is 145 Å². The van der Waals surface area contributed by atoms with E-state index < -0.39 is 0 Å². The van der Waals surface area contributed by atoms with E-state index in [9.17, 15) is 9.59 Å². The van der Waals surface area contributed by atoms with Crippen LogP contribution in [0, 0.1) is 6.92 Å². The molecular formula is C19H21N3O3. The maximum atomic E-state index is 12.3. The summed E-state index contributed by atoms with van der Waals surface area (Å²) in [5, 5.41) is 3.41. The number of aromatic nitrogens is 2. The first-order valence-electron chi connectivity index (χ1n) is 8.32. The quantitative estimate of drug-likeness (QED) is 0.748. The average Bonchev–Trinajstić information content (AvgIpc) is 2.97. The van der Waals surface area contributed by atoms with E-state index in [0.717, 1.165) is 5.76 Å². The van der Waals surface area contributed by atoms with Crippen LogP contribution in [0.3, 0.4) is 0 Å². The lowest BCUT2D eigenvalue weighted by Crippen LogP contribution is -2.27. The van der Waals surface area contributed by atoms with Gasteiger partial charge in [-0.1, -0.05) is 26.0 Å². The number of amides is 1. The number of carbonyl (C=O) groups excluding carboxylic acids is 1. The standard InChI is InChI=1S/C19H21N3O3/c1-11(2)16-10-14(12(3)25-16)18(23)20-9-8-17-21-15-7-5-4-6-13(15)19(24)22-17/h4-7,10-11H,8-9H2,1-3H3,(H,20,23)(H,21,22,24). The second-order valence-electron chi connectivity index (χ2n) is 6.31. The van der Waals surface area contributed by atoms with Gasteiger partial charge in [-0.2, -0.15) is 0 Å². The van der Waals surface area contributed by atoms with Gasteiger partial charge in [-0.25, -0.2) is 4.98 Å². The molecule has 0 spiro atoms. The Balaban J connectivity index is 1.67. The number of furan rings is 1. The fourth-order valence-corrected chi connectivity index (χ4v) is 2.66. The van der Waals surface area contributed by atoms with Gasteiger partial charge in [-0.3, -0.25) is 9.59 Å². The van der Waals surface area contributed by atoms with Crippen LogP contribution in [-0.4, -0.2) is 22.4 Å². The van der Waals surface area contributed by atoms with Crippen molar-refractivity contribution in [3.63, 3.8) is 0 Å². The van der Waals surface area contributed by atoms with Crippen LogP contribution in [0.2, 0.25) is 0 Å². The number of hydrogen-bond acceptors (Lipinski definition) is 4. The van der Waals surface area contributed by atoms with E-state index in [-0.39, 0.29) is 17.4 Å². The van der Waals surface area contributed by atoms with Crippen molar-refractivity contribution in [2.24, 2.45) is 0 Å². The van der Waals surface area contributed by atoms with Gasteiger partial charge >= 0.3 is 0 Å². The van der Waals surface area contributed by atoms with Gasteiger partial charge in [0.25, 0.3) is 11.5 Å². The molecule has 0 aliphatic rings. The highest BCUT2D eigenvalue weighted by atomic mass is 16.3. The fourth-order valence-electron chi connectivity index (χ4n) is 2.66. The van der Waals surface area contributed by atoms with Crippen LogP contribution >= 0.6 is 0 Å². The van der Waals surface area contributed by atoms with Crippen LogP contribution in [0.1, 0.15) is 47.5 Å². The molecule has 0 aliphatic heterocycles. The first kappa shape index (κ1) is 17.0. The predicted molar refractivity (Wildman–Crippen MR) is 95.9 cm³/mol. The average molecular weight is 339 g/mol. The number of carbonyl (C=O) groups is 1. The second kappa shape index (κ2) is 6.93. The van der Waals surface area contributed by atoms with Gasteiger partial charge in [0.15, 0.2) is 0 Å². The summed E-state index contributed by atoms with van der Waals surface area (Å²) >= 11 is 0. The molecule has 6 heteroatoms. The SMILES string of the molecule is Cc1oc(C(C)C)cc1C(=O)NCCc1nc2ccccc2c(=O)[nH]1. The van der Waals surface area contributed by atoms with Crippen molar-refractivity contribution in [3.05, 3.63) is 63.6 Å². The number of aromatic amines is 1. The molecule has 0 saturated carbocycles. The van der Waals surface area contributed by atoms with Crippen LogP contribution in [0.5, 0.6) is 0 Å². The van der Waals surface area contributed by atoms with Gasteiger partial charge in [0.05, 0.1) is 16.5 Å². The van der Waals surface area contributed by atoms with Crippen LogP contribution in [0.25, 0.3) is 10.9 Å². The van der Waals surface area contributed by atoms with E-state index in [4.69, 9.17) is 4.42 Å². The molecule has 3 rings (SSSR count). The lowest BCUT2D eigenvalue weighted by Gasteiger charge is -2.05. The van der Waals surface area contributed by atoms with E-state index >= 15 is 0 Å². The largest absolute Gasteiger partial charge is 0.465 e. The van der Waals surface area contributed by atoms with E-state index in [1.54, 1.807) is 31.2 Å². The molecule has 2 N–H and O–H groups in total. The molecule has 0 radical (unpaired) electrons. The molecule has 0 saturated heterocycles. The van der Waals surface area contributed by atoms with Crippen LogP contribution < -0.4 is 10.9 Å². The number of nitrogens with one attached hydrogen (secondary N) is 2. The Morgan fingerprint density at radius 2 is 2.08 bits per heavy atom. The molecule has 0 fully saturated rings. The molecule has 2 aromatic heterocycles. The van der Waals surface area contributed by atoms with E-state index in [2.05, 4.69) is 15.3 Å². The summed E-state index contributed by atoms with van der Waals surface area (Å²) in [4.78, 5) is 31.5. The summed E-state index contributed by atoms with van der Waals surface area (Å²) in [5.74, 6) is 2.00. The number of para-hydroxylation sites is 1. The Morgan fingerprint density at radius 3 is 2.80 bits per heavy atom. The molecule has 3 aromatic rings. The summed E-state index contributed by atoms with van der Waals surface area (Å²) in [6.45, 7) is 6.19. The number of hydrogen-bond donors (Lipinski definition) is 2. The Kier molecular flexibility index (Phi) is 4.70. The fraction of sp³-hybridized carbons (Fsp3) is 0.316. The maximum Gasteiger partial charge on any atom is 0.258 e. The third kappa shape index (κ3) is 3.63. The van der Waals surface area contributed by atoms with E-state index in [1.165, 1.54) is 0 Å². The molecule has 0 unspecified atom stereocenters. The molecule has 0 atom stereocenters. The third-order valence-corrected chi connectivity index (χ3v) is 4.06. The van der Waals surface area contributed by atoms with Gasteiger partial charge < -0.3 is 14.7 Å². The van der Waals surface area contributed by atoms with Gasteiger partial charge in [-0.15, -0.1) is 0 Å². The van der Waals surface area contributed by atoms with Crippen LogP contribution in [0.15, 0.2) is 39.5 Å². The summed E-state index contributed by atoms with van der Waals surface area (Å²) in [6, 6.07) is 8.97. The summed E-state index contributed by atoms with van der Waals surface area (Å²) in [6.07, 6.45) is 0.444. The zero-order chi connectivity index (χ0) is 18.0. The van der Waals surface area contributed by atoms with Crippen LogP contribution in [0.4, 0.5) is 0 Å². The molecule has 1 aromatic carbocycles. The predicted octanol–water partition coefficient (Wildman–Crippen LogP) is 2.92. The van der Waals surface area contributed by atoms with Crippen molar-refractivity contribution >= 4 is 16.8 Å². The van der Waals surface area contributed by atoms with Crippen molar-refractivity contribution in [1.82, 2.24) is 15.3 Å². The number of aryl methyl sites for hydroxylation is 1. The molecule has 6 nitrogen and oxygen atoms in total. The third-order valence-electron chi connectivity index (χ3n) is 4.06. The van der Waals surface area contributed by atoms with Crippen molar-refractivity contribution in [2.75, 3.05) is 6.54 Å². The minimum Gasteiger partial charge on any atom is -0.465 e. The summed E-state index contributed by atoms with van der Waals surface area (Å²) in [5.41, 5.74) is 1.03. The highest BCUT2D eigenvalue weighted by Gasteiger charge is 2.16. The molecule has 0 aliphatic carbocycles. The minimum atomic E-state index is -0.184. The first-order valence-corrected chi connectivity index (χ1v) is 8.32. The number of H-pyrrole nitrogens is 1. The lowest BCUT2D eigenvalue weighted by atomic mass is 10.1. The molecule has 0 bridgehead atoms.